The summed E-state index contributed by atoms with van der Waals surface area (Å²) in [5, 5.41) is 15.6. The van der Waals surface area contributed by atoms with Crippen LogP contribution in [0.3, 0.4) is 0 Å². The van der Waals surface area contributed by atoms with Gasteiger partial charge in [0, 0.05) is 5.69 Å². The Bertz CT molecular complexity index is 745. The molecule has 0 aliphatic carbocycles. The van der Waals surface area contributed by atoms with Crippen molar-refractivity contribution in [2.75, 3.05) is 11.9 Å². The molecule has 5 nitrogen and oxygen atoms in total. The Morgan fingerprint density at radius 3 is 2.62 bits per heavy atom. The quantitative estimate of drug-likeness (QED) is 0.580. The van der Waals surface area contributed by atoms with Crippen LogP contribution in [0.25, 0.3) is 0 Å². The standard InChI is InChI=1S/C16H14F3N3O2/c17-16(18,19)12-4-2-5-13(8-12)20-10-15(24)22-21-9-11-3-1-6-14(23)7-11/h1-9,20,23H,10H2,(H,22,24)/b21-9-. The molecule has 0 spiro atoms. The Morgan fingerprint density at radius 2 is 1.92 bits per heavy atom. The third-order valence-electron chi connectivity index (χ3n) is 2.92. The van der Waals surface area contributed by atoms with E-state index in [-0.39, 0.29) is 18.0 Å². The van der Waals surface area contributed by atoms with Crippen LogP contribution in [0.5, 0.6) is 5.75 Å². The number of amides is 1. The lowest BCUT2D eigenvalue weighted by Gasteiger charge is -2.10. The zero-order chi connectivity index (χ0) is 17.6. The molecule has 3 N–H and O–H groups in total. The van der Waals surface area contributed by atoms with Crippen LogP contribution in [0.4, 0.5) is 18.9 Å². The average molecular weight is 337 g/mol. The lowest BCUT2D eigenvalue weighted by atomic mass is 10.2. The molecule has 0 fully saturated rings. The summed E-state index contributed by atoms with van der Waals surface area (Å²) in [7, 11) is 0. The van der Waals surface area contributed by atoms with Crippen LogP contribution >= 0.6 is 0 Å². The molecule has 1 amide bonds. The molecular formula is C16H14F3N3O2. The number of halogens is 3. The number of alkyl halides is 3. The molecule has 0 unspecified atom stereocenters. The van der Waals surface area contributed by atoms with Gasteiger partial charge in [0.05, 0.1) is 18.3 Å². The van der Waals surface area contributed by atoms with Crippen LogP contribution in [-0.2, 0) is 11.0 Å². The number of nitrogens with one attached hydrogen (secondary N) is 2. The molecule has 0 radical (unpaired) electrons. The summed E-state index contributed by atoms with van der Waals surface area (Å²) in [5.74, 6) is -0.458. The second kappa shape index (κ2) is 7.49. The summed E-state index contributed by atoms with van der Waals surface area (Å²) in [4.78, 5) is 11.6. The van der Waals surface area contributed by atoms with E-state index in [2.05, 4.69) is 15.8 Å². The number of benzene rings is 2. The van der Waals surface area contributed by atoms with E-state index in [1.165, 1.54) is 30.5 Å². The Kier molecular flexibility index (Phi) is 5.41. The van der Waals surface area contributed by atoms with E-state index in [9.17, 15) is 23.1 Å². The number of hydrogen-bond acceptors (Lipinski definition) is 4. The van der Waals surface area contributed by atoms with E-state index in [0.717, 1.165) is 12.1 Å². The highest BCUT2D eigenvalue weighted by Crippen LogP contribution is 2.30. The maximum absolute atomic E-state index is 12.6. The first-order valence-electron chi connectivity index (χ1n) is 6.86. The minimum Gasteiger partial charge on any atom is -0.508 e. The SMILES string of the molecule is O=C(CNc1cccc(C(F)(F)F)c1)N/N=C\c1cccc(O)c1. The summed E-state index contributed by atoms with van der Waals surface area (Å²) in [6, 6.07) is 10.8. The second-order valence-corrected chi connectivity index (χ2v) is 4.82. The second-order valence-electron chi connectivity index (χ2n) is 4.82. The molecule has 8 heteroatoms. The minimum absolute atomic E-state index is 0.0662. The third-order valence-corrected chi connectivity index (χ3v) is 2.92. The van der Waals surface area contributed by atoms with Crippen LogP contribution in [-0.4, -0.2) is 23.8 Å². The van der Waals surface area contributed by atoms with Crippen LogP contribution in [0.15, 0.2) is 53.6 Å². The topological polar surface area (TPSA) is 73.7 Å². The van der Waals surface area contributed by atoms with Gasteiger partial charge in [0.15, 0.2) is 0 Å². The van der Waals surface area contributed by atoms with Crippen molar-refractivity contribution in [3.63, 3.8) is 0 Å². The molecule has 24 heavy (non-hydrogen) atoms. The number of carbonyl (C=O) groups is 1. The molecule has 126 valence electrons. The predicted octanol–water partition coefficient (Wildman–Crippen LogP) is 2.97. The number of aromatic hydroxyl groups is 1. The molecule has 0 saturated carbocycles. The van der Waals surface area contributed by atoms with E-state index in [1.54, 1.807) is 12.1 Å². The van der Waals surface area contributed by atoms with Crippen LogP contribution in [0, 0.1) is 0 Å². The van der Waals surface area contributed by atoms with Gasteiger partial charge in [0.2, 0.25) is 0 Å². The Balaban J connectivity index is 1.85. The van der Waals surface area contributed by atoms with Crippen molar-refractivity contribution in [3.05, 3.63) is 59.7 Å². The fourth-order valence-electron chi connectivity index (χ4n) is 1.81. The number of phenols is 1. The van der Waals surface area contributed by atoms with Gasteiger partial charge in [0.25, 0.3) is 5.91 Å². The van der Waals surface area contributed by atoms with Crippen molar-refractivity contribution >= 4 is 17.8 Å². The minimum atomic E-state index is -4.44. The molecule has 0 aliphatic heterocycles. The molecule has 0 heterocycles. The lowest BCUT2D eigenvalue weighted by molar-refractivity contribution is -0.137. The molecule has 0 aromatic heterocycles. The molecule has 0 saturated heterocycles. The Labute approximate surface area is 135 Å². The van der Waals surface area contributed by atoms with E-state index < -0.39 is 17.6 Å². The van der Waals surface area contributed by atoms with Crippen molar-refractivity contribution in [3.8, 4) is 5.75 Å². The van der Waals surface area contributed by atoms with Crippen LogP contribution < -0.4 is 10.7 Å². The van der Waals surface area contributed by atoms with Gasteiger partial charge < -0.3 is 10.4 Å². The molecule has 0 bridgehead atoms. The van der Waals surface area contributed by atoms with Crippen molar-refractivity contribution < 1.29 is 23.1 Å². The van der Waals surface area contributed by atoms with Gasteiger partial charge in [-0.05, 0) is 35.9 Å². The van der Waals surface area contributed by atoms with Gasteiger partial charge in [-0.25, -0.2) is 5.43 Å². The maximum Gasteiger partial charge on any atom is 0.416 e. The van der Waals surface area contributed by atoms with Gasteiger partial charge in [0.1, 0.15) is 5.75 Å². The fraction of sp³-hybridized carbons (Fsp3) is 0.125. The summed E-state index contributed by atoms with van der Waals surface area (Å²) >= 11 is 0. The van der Waals surface area contributed by atoms with E-state index >= 15 is 0 Å². The van der Waals surface area contributed by atoms with E-state index in [1.807, 2.05) is 0 Å². The number of carbonyl (C=O) groups excluding carboxylic acids is 1. The van der Waals surface area contributed by atoms with Crippen molar-refractivity contribution in [2.45, 2.75) is 6.18 Å². The van der Waals surface area contributed by atoms with Crippen molar-refractivity contribution in [1.82, 2.24) is 5.43 Å². The smallest absolute Gasteiger partial charge is 0.416 e. The van der Waals surface area contributed by atoms with E-state index in [0.29, 0.717) is 5.56 Å². The number of hydrazone groups is 1. The zero-order valence-electron chi connectivity index (χ0n) is 12.3. The van der Waals surface area contributed by atoms with Gasteiger partial charge >= 0.3 is 6.18 Å². The molecular weight excluding hydrogens is 323 g/mol. The van der Waals surface area contributed by atoms with Crippen LogP contribution in [0.1, 0.15) is 11.1 Å². The Morgan fingerprint density at radius 1 is 1.17 bits per heavy atom. The fourth-order valence-corrected chi connectivity index (χ4v) is 1.81. The monoisotopic (exact) mass is 337 g/mol. The first-order chi connectivity index (χ1) is 11.3. The number of hydrogen-bond donors (Lipinski definition) is 3. The van der Waals surface area contributed by atoms with Crippen LogP contribution in [0.2, 0.25) is 0 Å². The number of anilines is 1. The van der Waals surface area contributed by atoms with Gasteiger partial charge in [-0.2, -0.15) is 18.3 Å². The Hall–Kier alpha value is -3.03. The highest BCUT2D eigenvalue weighted by atomic mass is 19.4. The maximum atomic E-state index is 12.6. The first kappa shape index (κ1) is 17.3. The summed E-state index contributed by atoms with van der Waals surface area (Å²) in [5.41, 5.74) is 2.20. The summed E-state index contributed by atoms with van der Waals surface area (Å²) < 4.78 is 37.7. The van der Waals surface area contributed by atoms with Gasteiger partial charge in [-0.15, -0.1) is 0 Å². The third kappa shape index (κ3) is 5.31. The molecule has 2 rings (SSSR count). The number of phenolic OH excluding ortho intramolecular Hbond substituents is 1. The first-order valence-corrected chi connectivity index (χ1v) is 6.86. The highest BCUT2D eigenvalue weighted by Gasteiger charge is 2.30. The van der Waals surface area contributed by atoms with Gasteiger partial charge in [-0.3, -0.25) is 4.79 Å². The molecule has 0 atom stereocenters. The highest BCUT2D eigenvalue weighted by molar-refractivity contribution is 5.84. The molecule has 2 aromatic carbocycles. The largest absolute Gasteiger partial charge is 0.508 e. The van der Waals surface area contributed by atoms with E-state index in [4.69, 9.17) is 0 Å². The summed E-state index contributed by atoms with van der Waals surface area (Å²) in [6.07, 6.45) is -3.10. The zero-order valence-corrected chi connectivity index (χ0v) is 12.3. The summed E-state index contributed by atoms with van der Waals surface area (Å²) in [6.45, 7) is -0.237. The predicted molar refractivity (Wildman–Crippen MR) is 83.8 cm³/mol. The lowest BCUT2D eigenvalue weighted by Crippen LogP contribution is -2.26. The molecule has 0 aliphatic rings. The normalized spacial score (nSPS) is 11.5. The number of nitrogens with zero attached hydrogens (tertiary/aromatic N) is 1. The van der Waals surface area contributed by atoms with Gasteiger partial charge in [-0.1, -0.05) is 18.2 Å². The number of rotatable bonds is 5. The average Bonchev–Trinajstić information content (AvgIpc) is 2.52. The van der Waals surface area contributed by atoms with Crippen molar-refractivity contribution in [1.29, 1.82) is 0 Å². The molecule has 2 aromatic rings. The van der Waals surface area contributed by atoms with Crippen molar-refractivity contribution in [2.24, 2.45) is 5.10 Å².